The number of hydrogen-bond donors (Lipinski definition) is 3. The zero-order valence-electron chi connectivity index (χ0n) is 19.6. The second kappa shape index (κ2) is 10.0. The van der Waals surface area contributed by atoms with Crippen molar-refractivity contribution < 1.29 is 23.6 Å². The number of nitrogens with one attached hydrogen (secondary N) is 1. The third kappa shape index (κ3) is 5.36. The average molecular weight is 465 g/mol. The highest BCUT2D eigenvalue weighted by Crippen LogP contribution is 2.60. The first-order chi connectivity index (χ1) is 15.8. The van der Waals surface area contributed by atoms with E-state index in [4.69, 9.17) is 15.9 Å². The first-order valence-electron chi connectivity index (χ1n) is 12.0. The van der Waals surface area contributed by atoms with Gasteiger partial charge in [0.15, 0.2) is 11.6 Å². The number of alkyl halides is 2. The van der Waals surface area contributed by atoms with Crippen LogP contribution in [0.2, 0.25) is 0 Å². The largest absolute Gasteiger partial charge is 0.431 e. The number of nitrogens with two attached hydrogens (primary N) is 2. The predicted octanol–water partition coefficient (Wildman–Crippen LogP) is 2.62. The van der Waals surface area contributed by atoms with Gasteiger partial charge >= 0.3 is 6.61 Å². The Bertz CT molecular complexity index is 884. The van der Waals surface area contributed by atoms with Crippen molar-refractivity contribution in [1.82, 2.24) is 9.88 Å². The van der Waals surface area contributed by atoms with Crippen LogP contribution in [0, 0.1) is 23.2 Å². The van der Waals surface area contributed by atoms with Crippen LogP contribution >= 0.6 is 0 Å². The average Bonchev–Trinajstić information content (AvgIpc) is 3.27. The molecule has 0 bridgehead atoms. The summed E-state index contributed by atoms with van der Waals surface area (Å²) in [6, 6.07) is 2.87. The Morgan fingerprint density at radius 2 is 2.15 bits per heavy atom. The minimum absolute atomic E-state index is 0.109. The van der Waals surface area contributed by atoms with Crippen molar-refractivity contribution in [2.75, 3.05) is 25.5 Å². The van der Waals surface area contributed by atoms with E-state index in [0.29, 0.717) is 41.4 Å². The Morgan fingerprint density at radius 3 is 2.79 bits per heavy atom. The van der Waals surface area contributed by atoms with Crippen LogP contribution in [0.4, 0.5) is 14.6 Å². The van der Waals surface area contributed by atoms with Crippen LogP contribution in [0.1, 0.15) is 45.6 Å². The molecule has 0 radical (unpaired) electrons. The molecule has 3 aliphatic rings. The van der Waals surface area contributed by atoms with Crippen molar-refractivity contribution in [1.29, 1.82) is 5.41 Å². The number of quaternary nitrogens is 1. The predicted molar refractivity (Wildman–Crippen MR) is 122 cm³/mol. The highest BCUT2D eigenvalue weighted by atomic mass is 19.3. The highest BCUT2D eigenvalue weighted by molar-refractivity contribution is 6.07. The molecule has 3 fully saturated rings. The summed E-state index contributed by atoms with van der Waals surface area (Å²) in [7, 11) is 0. The molecule has 5 N–H and O–H groups in total. The molecule has 182 valence electrons. The number of fused-ring (bicyclic) bond motifs is 1. The molecule has 0 spiro atoms. The molecule has 0 aromatic carbocycles. The quantitative estimate of drug-likeness (QED) is 0.488. The molecule has 1 aromatic heterocycles. The lowest BCUT2D eigenvalue weighted by Crippen LogP contribution is -2.87. The Hall–Kier alpha value is -2.10. The topological polar surface area (TPSA) is 101 Å². The molecular weight excluding hydrogens is 428 g/mol. The molecule has 1 saturated heterocycles. The molecule has 2 saturated carbocycles. The molecule has 2 heterocycles. The maximum atomic E-state index is 12.7. The van der Waals surface area contributed by atoms with Gasteiger partial charge in [0.05, 0.1) is 25.0 Å². The van der Waals surface area contributed by atoms with Gasteiger partial charge in [0.1, 0.15) is 5.70 Å². The van der Waals surface area contributed by atoms with Crippen LogP contribution in [-0.4, -0.2) is 60.1 Å². The standard InChI is InChI=1S/C24H35F2N5O2/c1-4-13(2)30-20(10-19(27)15-7-21(33-24(25)26)23(28)29-11-15)22-17-8-16(9-18(17)22)31-5-6-32-12-14(31)3/h7,10-11,13-14,16-18,22,24,27,30H,4-6,8-9,12H2,1-3H3,(H2,28,29)/p+1/b20-10-,27-19?/t13?,14-,16?,17-,18+,22?/m0/s1. The number of pyridine rings is 1. The molecule has 2 aliphatic carbocycles. The van der Waals surface area contributed by atoms with Gasteiger partial charge in [-0.3, -0.25) is 10.3 Å². The van der Waals surface area contributed by atoms with Crippen molar-refractivity contribution in [2.24, 2.45) is 17.8 Å². The number of rotatable bonds is 9. The van der Waals surface area contributed by atoms with Crippen LogP contribution in [-0.2, 0) is 4.74 Å². The van der Waals surface area contributed by atoms with E-state index in [0.717, 1.165) is 26.2 Å². The van der Waals surface area contributed by atoms with Crippen molar-refractivity contribution in [3.63, 3.8) is 0 Å². The summed E-state index contributed by atoms with van der Waals surface area (Å²) < 4.78 is 35.4. The molecule has 1 aromatic rings. The second-order valence-electron chi connectivity index (χ2n) is 9.74. The maximum absolute atomic E-state index is 12.7. The first-order valence-corrected chi connectivity index (χ1v) is 12.0. The zero-order chi connectivity index (χ0) is 23.7. The van der Waals surface area contributed by atoms with Crippen molar-refractivity contribution in [2.45, 2.75) is 64.8 Å². The zero-order valence-corrected chi connectivity index (χ0v) is 19.6. The fraction of sp³-hybridized carbons (Fsp3) is 0.667. The van der Waals surface area contributed by atoms with Gasteiger partial charge in [-0.15, -0.1) is 0 Å². The van der Waals surface area contributed by atoms with Crippen molar-refractivity contribution in [3.05, 3.63) is 29.6 Å². The summed E-state index contributed by atoms with van der Waals surface area (Å²) in [5, 5.41) is 10.9. The van der Waals surface area contributed by atoms with E-state index >= 15 is 0 Å². The molecule has 6 atom stereocenters. The van der Waals surface area contributed by atoms with E-state index in [-0.39, 0.29) is 17.3 Å². The van der Waals surface area contributed by atoms with Gasteiger partial charge in [-0.1, -0.05) is 6.92 Å². The third-order valence-electron chi connectivity index (χ3n) is 7.53. The summed E-state index contributed by atoms with van der Waals surface area (Å²) in [5.74, 6) is 1.45. The fourth-order valence-electron chi connectivity index (χ4n) is 5.60. The number of nitrogens with zero attached hydrogens (tertiary/aromatic N) is 2. The Morgan fingerprint density at radius 1 is 1.42 bits per heavy atom. The van der Waals surface area contributed by atoms with Crippen LogP contribution < -0.4 is 15.8 Å². The lowest BCUT2D eigenvalue weighted by atomic mass is 9.99. The molecule has 4 rings (SSSR count). The van der Waals surface area contributed by atoms with Gasteiger partial charge in [-0.05, 0) is 51.0 Å². The van der Waals surface area contributed by atoms with Gasteiger partial charge < -0.3 is 20.5 Å². The smallest absolute Gasteiger partial charge is 0.387 e. The first kappa shape index (κ1) is 24.0. The number of nitrogen functional groups attached to an aromatic ring is 1. The summed E-state index contributed by atoms with van der Waals surface area (Å²) in [5.41, 5.74) is 7.49. The monoisotopic (exact) mass is 464 g/mol. The molecule has 0 amide bonds. The van der Waals surface area contributed by atoms with Crippen LogP contribution in [0.25, 0.3) is 0 Å². The lowest BCUT2D eigenvalue weighted by molar-refractivity contribution is -0.644. The molecule has 1 aliphatic heterocycles. The molecule has 7 nitrogen and oxygen atoms in total. The third-order valence-corrected chi connectivity index (χ3v) is 7.53. The van der Waals surface area contributed by atoms with Crippen LogP contribution in [0.15, 0.2) is 24.0 Å². The maximum Gasteiger partial charge on any atom is 0.387 e. The Labute approximate surface area is 194 Å². The van der Waals surface area contributed by atoms with Gasteiger partial charge in [-0.25, -0.2) is 4.98 Å². The Balaban J connectivity index is 1.48. The van der Waals surface area contributed by atoms with Crippen molar-refractivity contribution in [3.8, 4) is 5.75 Å². The van der Waals surface area contributed by atoms with E-state index < -0.39 is 6.61 Å². The minimum atomic E-state index is -2.99. The number of halogens is 2. The van der Waals surface area contributed by atoms with E-state index in [2.05, 4.69) is 40.7 Å². The number of ether oxygens (including phenoxy) is 2. The van der Waals surface area contributed by atoms with Gasteiger partial charge in [0.2, 0.25) is 0 Å². The Kier molecular flexibility index (Phi) is 7.31. The molecular formula is C24H36F2N5O2+. The van der Waals surface area contributed by atoms with Gasteiger partial charge in [0.25, 0.3) is 0 Å². The van der Waals surface area contributed by atoms with Gasteiger partial charge in [-0.2, -0.15) is 8.78 Å². The molecule has 3 unspecified atom stereocenters. The van der Waals surface area contributed by atoms with E-state index in [1.54, 1.807) is 0 Å². The number of anilines is 1. The summed E-state index contributed by atoms with van der Waals surface area (Å²) >= 11 is 0. The number of hydrogen-bond acceptors (Lipinski definition) is 6. The van der Waals surface area contributed by atoms with Crippen molar-refractivity contribution >= 4 is 11.5 Å². The SMILES string of the molecule is CCC(C)[NH2+]/C(=C\C(=N)c1cnc(N)c(OC(F)F)c1)C1[C@H]2CC(N3CCOC[C@@H]3C)C[C@@H]12. The highest BCUT2D eigenvalue weighted by Gasteiger charge is 2.60. The lowest BCUT2D eigenvalue weighted by Gasteiger charge is -2.38. The second-order valence-corrected chi connectivity index (χ2v) is 9.74. The van der Waals surface area contributed by atoms with Crippen LogP contribution in [0.5, 0.6) is 5.75 Å². The van der Waals surface area contributed by atoms with E-state index in [1.807, 2.05) is 6.08 Å². The normalized spacial score (nSPS) is 30.8. The van der Waals surface area contributed by atoms with Gasteiger partial charge in [0, 0.05) is 42.4 Å². The fourth-order valence-corrected chi connectivity index (χ4v) is 5.60. The molecule has 33 heavy (non-hydrogen) atoms. The van der Waals surface area contributed by atoms with Crippen LogP contribution in [0.3, 0.4) is 0 Å². The van der Waals surface area contributed by atoms with E-state index in [1.165, 1.54) is 30.8 Å². The summed E-state index contributed by atoms with van der Waals surface area (Å²) in [6.07, 6.45) is 6.73. The number of aromatic nitrogens is 1. The summed E-state index contributed by atoms with van der Waals surface area (Å²) in [6.45, 7) is 6.24. The molecule has 9 heteroatoms. The summed E-state index contributed by atoms with van der Waals surface area (Å²) in [4.78, 5) is 6.56. The van der Waals surface area contributed by atoms with E-state index in [9.17, 15) is 8.78 Å². The number of allylic oxidation sites excluding steroid dienone is 2. The minimum Gasteiger partial charge on any atom is -0.431 e. The number of morpholine rings is 1.